The van der Waals surface area contributed by atoms with Gasteiger partial charge in [0.15, 0.2) is 11.5 Å². The third-order valence-corrected chi connectivity index (χ3v) is 5.23. The smallest absolute Gasteiger partial charge is 0.161 e. The standard InChI is InChI=1S/C22H18N4O2S/c1-2-28-19-10-15(8-9-18(19)27)20-16(11-23)21(25)26-22(17(20)12-24)29-13-14-6-4-3-5-7-14/h3-10,27H,2,13H2,1H3,(H2,25,26). The Kier molecular flexibility index (Phi) is 6.23. The summed E-state index contributed by atoms with van der Waals surface area (Å²) in [6.45, 7) is 2.17. The molecule has 29 heavy (non-hydrogen) atoms. The summed E-state index contributed by atoms with van der Waals surface area (Å²) in [5, 5.41) is 29.9. The highest BCUT2D eigenvalue weighted by atomic mass is 32.2. The van der Waals surface area contributed by atoms with E-state index < -0.39 is 0 Å². The third kappa shape index (κ3) is 4.26. The lowest BCUT2D eigenvalue weighted by atomic mass is 9.96. The van der Waals surface area contributed by atoms with Gasteiger partial charge in [0, 0.05) is 11.3 Å². The first-order chi connectivity index (χ1) is 14.1. The molecular weight excluding hydrogens is 384 g/mol. The molecule has 0 saturated heterocycles. The first kappa shape index (κ1) is 20.1. The van der Waals surface area contributed by atoms with Crippen molar-refractivity contribution in [3.63, 3.8) is 0 Å². The molecule has 0 saturated carbocycles. The SMILES string of the molecule is CCOc1cc(-c2c(C#N)c(N)nc(SCc3ccccc3)c2C#N)ccc1O. The van der Waals surface area contributed by atoms with E-state index in [-0.39, 0.29) is 28.4 Å². The van der Waals surface area contributed by atoms with E-state index in [1.54, 1.807) is 19.1 Å². The highest BCUT2D eigenvalue weighted by Crippen LogP contribution is 2.39. The first-order valence-corrected chi connectivity index (χ1v) is 9.84. The van der Waals surface area contributed by atoms with Gasteiger partial charge in [-0.1, -0.05) is 36.4 Å². The molecule has 0 aliphatic carbocycles. The van der Waals surface area contributed by atoms with Gasteiger partial charge < -0.3 is 15.6 Å². The summed E-state index contributed by atoms with van der Waals surface area (Å²) in [7, 11) is 0. The molecule has 3 aromatic rings. The molecular formula is C22H18N4O2S. The Labute approximate surface area is 173 Å². The Balaban J connectivity index is 2.13. The van der Waals surface area contributed by atoms with Gasteiger partial charge in [0.05, 0.1) is 12.2 Å². The average molecular weight is 402 g/mol. The number of rotatable bonds is 6. The Bertz CT molecular complexity index is 1120. The Hall–Kier alpha value is -3.68. The maximum atomic E-state index is 9.99. The number of nitrogen functional groups attached to an aromatic ring is 1. The number of ether oxygens (including phenoxy) is 1. The number of aromatic nitrogens is 1. The fraction of sp³-hybridized carbons (Fsp3) is 0.136. The van der Waals surface area contributed by atoms with E-state index in [0.29, 0.717) is 28.5 Å². The van der Waals surface area contributed by atoms with Crippen LogP contribution >= 0.6 is 11.8 Å². The number of phenolic OH excluding ortho intramolecular Hbond substituents is 1. The molecule has 2 aromatic carbocycles. The van der Waals surface area contributed by atoms with E-state index in [0.717, 1.165) is 5.56 Å². The van der Waals surface area contributed by atoms with Crippen LogP contribution in [0.3, 0.4) is 0 Å². The van der Waals surface area contributed by atoms with E-state index >= 15 is 0 Å². The number of nitrogens with two attached hydrogens (primary N) is 1. The number of phenols is 1. The van der Waals surface area contributed by atoms with Gasteiger partial charge in [-0.3, -0.25) is 0 Å². The van der Waals surface area contributed by atoms with Gasteiger partial charge in [-0.15, -0.1) is 11.8 Å². The zero-order valence-electron chi connectivity index (χ0n) is 15.7. The summed E-state index contributed by atoms with van der Waals surface area (Å²) < 4.78 is 5.44. The highest BCUT2D eigenvalue weighted by Gasteiger charge is 2.21. The molecule has 7 heteroatoms. The number of thioether (sulfide) groups is 1. The average Bonchev–Trinajstić information content (AvgIpc) is 2.74. The lowest BCUT2D eigenvalue weighted by Gasteiger charge is -2.14. The molecule has 3 rings (SSSR count). The minimum Gasteiger partial charge on any atom is -0.504 e. The minimum absolute atomic E-state index is 0.0201. The number of aromatic hydroxyl groups is 1. The van der Waals surface area contributed by atoms with Crippen LogP contribution < -0.4 is 10.5 Å². The predicted octanol–water partition coefficient (Wildman–Crippen LogP) is 4.47. The summed E-state index contributed by atoms with van der Waals surface area (Å²) in [5.41, 5.74) is 8.46. The van der Waals surface area contributed by atoms with Crippen molar-refractivity contribution in [3.05, 3.63) is 65.2 Å². The van der Waals surface area contributed by atoms with E-state index in [2.05, 4.69) is 17.1 Å². The predicted molar refractivity (Wildman–Crippen MR) is 112 cm³/mol. The number of hydrogen-bond acceptors (Lipinski definition) is 7. The van der Waals surface area contributed by atoms with Crippen LogP contribution in [0.15, 0.2) is 53.6 Å². The van der Waals surface area contributed by atoms with Crippen LogP contribution in [0.1, 0.15) is 23.6 Å². The largest absolute Gasteiger partial charge is 0.504 e. The fourth-order valence-electron chi connectivity index (χ4n) is 2.86. The van der Waals surface area contributed by atoms with Crippen molar-refractivity contribution in [1.82, 2.24) is 4.98 Å². The summed E-state index contributed by atoms with van der Waals surface area (Å²) in [6.07, 6.45) is 0. The van der Waals surface area contributed by atoms with Crippen molar-refractivity contribution >= 4 is 17.6 Å². The molecule has 0 radical (unpaired) electrons. The van der Waals surface area contributed by atoms with Gasteiger partial charge in [0.1, 0.15) is 28.5 Å². The molecule has 0 aliphatic heterocycles. The molecule has 0 spiro atoms. The number of benzene rings is 2. The third-order valence-electron chi connectivity index (χ3n) is 4.18. The topological polar surface area (TPSA) is 116 Å². The Morgan fingerprint density at radius 3 is 2.48 bits per heavy atom. The second-order valence-corrected chi connectivity index (χ2v) is 7.00. The van der Waals surface area contributed by atoms with Crippen molar-refractivity contribution in [2.24, 2.45) is 0 Å². The number of anilines is 1. The number of nitriles is 2. The molecule has 0 aliphatic rings. The fourth-order valence-corrected chi connectivity index (χ4v) is 3.81. The Morgan fingerprint density at radius 1 is 1.10 bits per heavy atom. The number of hydrogen-bond donors (Lipinski definition) is 2. The summed E-state index contributed by atoms with van der Waals surface area (Å²) in [5.74, 6) is 0.913. The minimum atomic E-state index is -0.0201. The molecule has 0 bridgehead atoms. The van der Waals surface area contributed by atoms with E-state index in [1.165, 1.54) is 17.8 Å². The summed E-state index contributed by atoms with van der Waals surface area (Å²) in [4.78, 5) is 4.31. The molecule has 0 unspecified atom stereocenters. The van der Waals surface area contributed by atoms with Gasteiger partial charge >= 0.3 is 0 Å². The lowest BCUT2D eigenvalue weighted by molar-refractivity contribution is 0.318. The lowest BCUT2D eigenvalue weighted by Crippen LogP contribution is -2.03. The van der Waals surface area contributed by atoms with Crippen molar-refractivity contribution in [2.45, 2.75) is 17.7 Å². The first-order valence-electron chi connectivity index (χ1n) is 8.85. The van der Waals surface area contributed by atoms with Crippen molar-refractivity contribution < 1.29 is 9.84 Å². The monoisotopic (exact) mass is 402 g/mol. The normalized spacial score (nSPS) is 10.2. The molecule has 0 fully saturated rings. The van der Waals surface area contributed by atoms with Crippen LogP contribution in [0.2, 0.25) is 0 Å². The number of pyridine rings is 1. The van der Waals surface area contributed by atoms with Crippen LogP contribution in [0.4, 0.5) is 5.82 Å². The molecule has 3 N–H and O–H groups in total. The Morgan fingerprint density at radius 2 is 1.83 bits per heavy atom. The van der Waals surface area contributed by atoms with Crippen molar-refractivity contribution in [2.75, 3.05) is 12.3 Å². The second-order valence-electron chi connectivity index (χ2n) is 6.04. The zero-order chi connectivity index (χ0) is 20.8. The van der Waals surface area contributed by atoms with Crippen molar-refractivity contribution in [1.29, 1.82) is 10.5 Å². The second kappa shape index (κ2) is 9.01. The van der Waals surface area contributed by atoms with Gasteiger partial charge in [-0.05, 0) is 30.2 Å². The van der Waals surface area contributed by atoms with Gasteiger partial charge in [-0.2, -0.15) is 10.5 Å². The summed E-state index contributed by atoms with van der Waals surface area (Å²) in [6, 6.07) is 18.7. The molecule has 144 valence electrons. The van der Waals surface area contributed by atoms with Crippen LogP contribution in [-0.2, 0) is 5.75 Å². The van der Waals surface area contributed by atoms with Crippen LogP contribution in [-0.4, -0.2) is 16.7 Å². The van der Waals surface area contributed by atoms with Gasteiger partial charge in [0.2, 0.25) is 0 Å². The highest BCUT2D eigenvalue weighted by molar-refractivity contribution is 7.98. The zero-order valence-corrected chi connectivity index (χ0v) is 16.5. The van der Waals surface area contributed by atoms with E-state index in [1.807, 2.05) is 30.3 Å². The van der Waals surface area contributed by atoms with Gasteiger partial charge in [0.25, 0.3) is 0 Å². The van der Waals surface area contributed by atoms with E-state index in [9.17, 15) is 15.6 Å². The van der Waals surface area contributed by atoms with Crippen LogP contribution in [0, 0.1) is 22.7 Å². The molecule has 1 heterocycles. The van der Waals surface area contributed by atoms with Crippen LogP contribution in [0.5, 0.6) is 11.5 Å². The maximum absolute atomic E-state index is 9.99. The molecule has 0 atom stereocenters. The van der Waals surface area contributed by atoms with E-state index in [4.69, 9.17) is 10.5 Å². The quantitative estimate of drug-likeness (QED) is 0.584. The summed E-state index contributed by atoms with van der Waals surface area (Å²) >= 11 is 1.38. The van der Waals surface area contributed by atoms with Gasteiger partial charge in [-0.25, -0.2) is 4.98 Å². The molecule has 1 aromatic heterocycles. The van der Waals surface area contributed by atoms with Crippen molar-refractivity contribution in [3.8, 4) is 34.8 Å². The number of nitrogens with zero attached hydrogens (tertiary/aromatic N) is 3. The molecule has 6 nitrogen and oxygen atoms in total. The van der Waals surface area contributed by atoms with Crippen LogP contribution in [0.25, 0.3) is 11.1 Å². The maximum Gasteiger partial charge on any atom is 0.161 e. The molecule has 0 amide bonds.